The van der Waals surface area contributed by atoms with Crippen molar-refractivity contribution < 1.29 is 10.2 Å². The number of allylic oxidation sites excluding steroid dienone is 3. The Morgan fingerprint density at radius 3 is 2.67 bits per heavy atom. The Morgan fingerprint density at radius 2 is 2.17 bits per heavy atom. The van der Waals surface area contributed by atoms with Gasteiger partial charge in [-0.25, -0.2) is 0 Å². The Hall–Kier alpha value is -0.310. The van der Waals surface area contributed by atoms with Gasteiger partial charge in [-0.15, -0.1) is 0 Å². The van der Waals surface area contributed by atoms with Crippen molar-refractivity contribution in [3.8, 4) is 0 Å². The Balaban J connectivity index is 2.43. The van der Waals surface area contributed by atoms with Gasteiger partial charge in [-0.1, -0.05) is 23.3 Å². The molecule has 0 aromatic heterocycles. The summed E-state index contributed by atoms with van der Waals surface area (Å²) in [4.78, 5) is 0. The number of hydrogen-bond donors (Lipinski definition) is 2. The smallest absolute Gasteiger partial charge is 0.0808 e. The fourth-order valence-electron chi connectivity index (χ4n) is 1.19. The van der Waals surface area contributed by atoms with Crippen LogP contribution in [0.4, 0.5) is 0 Å². The second kappa shape index (κ2) is 4.65. The Morgan fingerprint density at radius 1 is 1.42 bits per heavy atom. The van der Waals surface area contributed by atoms with Gasteiger partial charge >= 0.3 is 0 Å². The lowest BCUT2D eigenvalue weighted by Gasteiger charge is -2.13. The van der Waals surface area contributed by atoms with Gasteiger partial charge in [-0.3, -0.25) is 0 Å². The fourth-order valence-corrected chi connectivity index (χ4v) is 1.35. The number of hydrogen-bond acceptors (Lipinski definition) is 2. The minimum atomic E-state index is -0.624. The van der Waals surface area contributed by atoms with Crippen LogP contribution in [0.2, 0.25) is 0 Å². The van der Waals surface area contributed by atoms with Gasteiger partial charge in [0, 0.05) is 5.03 Å². The van der Waals surface area contributed by atoms with Crippen LogP contribution >= 0.6 is 11.6 Å². The predicted octanol–water partition coefficient (Wildman–Crippen LogP) is 1.57. The molecule has 1 atom stereocenters. The third-order valence-electron chi connectivity index (χ3n) is 1.89. The largest absolute Gasteiger partial charge is 0.394 e. The van der Waals surface area contributed by atoms with Gasteiger partial charge < -0.3 is 10.2 Å². The molecule has 1 unspecified atom stereocenters. The number of aliphatic hydroxyl groups is 2. The van der Waals surface area contributed by atoms with E-state index >= 15 is 0 Å². The molecule has 0 amide bonds. The topological polar surface area (TPSA) is 40.5 Å². The van der Waals surface area contributed by atoms with Gasteiger partial charge in [0.25, 0.3) is 0 Å². The highest BCUT2D eigenvalue weighted by Gasteiger charge is 2.09. The van der Waals surface area contributed by atoms with E-state index in [0.717, 1.165) is 23.4 Å². The molecule has 0 saturated heterocycles. The summed E-state index contributed by atoms with van der Waals surface area (Å²) in [6.07, 6.45) is 5.45. The molecule has 2 N–H and O–H groups in total. The molecule has 0 fully saturated rings. The second-order valence-electron chi connectivity index (χ2n) is 2.98. The van der Waals surface area contributed by atoms with E-state index in [9.17, 15) is 0 Å². The first kappa shape index (κ1) is 9.78. The van der Waals surface area contributed by atoms with Gasteiger partial charge in [0.1, 0.15) is 0 Å². The molecule has 1 rings (SSSR count). The molecule has 0 spiro atoms. The van der Waals surface area contributed by atoms with Crippen molar-refractivity contribution in [2.75, 3.05) is 6.61 Å². The number of rotatable bonds is 3. The molecule has 3 heteroatoms. The van der Waals surface area contributed by atoms with Crippen LogP contribution in [0.1, 0.15) is 19.3 Å². The van der Waals surface area contributed by atoms with Crippen LogP contribution in [-0.4, -0.2) is 22.9 Å². The molecule has 0 aliphatic heterocycles. The molecule has 12 heavy (non-hydrogen) atoms. The zero-order chi connectivity index (χ0) is 8.97. The van der Waals surface area contributed by atoms with E-state index in [1.807, 2.05) is 12.2 Å². The normalized spacial score (nSPS) is 19.9. The van der Waals surface area contributed by atoms with Crippen molar-refractivity contribution in [1.29, 1.82) is 0 Å². The van der Waals surface area contributed by atoms with Crippen LogP contribution in [0.25, 0.3) is 0 Å². The van der Waals surface area contributed by atoms with Crippen molar-refractivity contribution in [3.63, 3.8) is 0 Å². The lowest BCUT2D eigenvalue weighted by molar-refractivity contribution is 0.0948. The molecule has 0 aromatic carbocycles. The molecule has 0 saturated carbocycles. The fraction of sp³-hybridized carbons (Fsp3) is 0.556. The Bertz CT molecular complexity index is 209. The highest BCUT2D eigenvalue weighted by molar-refractivity contribution is 6.29. The predicted molar refractivity (Wildman–Crippen MR) is 49.0 cm³/mol. The maximum absolute atomic E-state index is 9.13. The molecule has 68 valence electrons. The maximum Gasteiger partial charge on any atom is 0.0808 e. The standard InChI is InChI=1S/C9H13ClO2/c10-8-3-1-7(2-4-8)5-9(12)6-11/h1,3,9,11-12H,2,4-6H2. The molecule has 1 aliphatic rings. The highest BCUT2D eigenvalue weighted by atomic mass is 35.5. The summed E-state index contributed by atoms with van der Waals surface area (Å²) in [5.41, 5.74) is 1.15. The Labute approximate surface area is 77.2 Å². The molecule has 2 nitrogen and oxygen atoms in total. The monoisotopic (exact) mass is 188 g/mol. The summed E-state index contributed by atoms with van der Waals surface area (Å²) in [6, 6.07) is 0. The molecule has 0 bridgehead atoms. The van der Waals surface area contributed by atoms with Crippen LogP contribution < -0.4 is 0 Å². The molecule has 1 aliphatic carbocycles. The second-order valence-corrected chi connectivity index (χ2v) is 3.46. The summed E-state index contributed by atoms with van der Waals surface area (Å²) >= 11 is 5.76. The summed E-state index contributed by atoms with van der Waals surface area (Å²) in [5.74, 6) is 0. The zero-order valence-corrected chi connectivity index (χ0v) is 7.59. The summed E-state index contributed by atoms with van der Waals surface area (Å²) in [5, 5.41) is 18.6. The van der Waals surface area contributed by atoms with Crippen LogP contribution in [0.5, 0.6) is 0 Å². The highest BCUT2D eigenvalue weighted by Crippen LogP contribution is 2.23. The van der Waals surface area contributed by atoms with E-state index in [1.54, 1.807) is 0 Å². The first-order chi connectivity index (χ1) is 5.72. The summed E-state index contributed by atoms with van der Waals surface area (Å²) in [7, 11) is 0. The quantitative estimate of drug-likeness (QED) is 0.706. The molecule has 0 radical (unpaired) electrons. The van der Waals surface area contributed by atoms with E-state index in [0.29, 0.717) is 6.42 Å². The number of aliphatic hydroxyl groups excluding tert-OH is 2. The van der Waals surface area contributed by atoms with Crippen molar-refractivity contribution in [1.82, 2.24) is 0 Å². The molecular formula is C9H13ClO2. The molecule has 0 heterocycles. The number of halogens is 1. The molecular weight excluding hydrogens is 176 g/mol. The van der Waals surface area contributed by atoms with Crippen molar-refractivity contribution in [2.24, 2.45) is 0 Å². The van der Waals surface area contributed by atoms with Crippen LogP contribution in [0.15, 0.2) is 22.8 Å². The lowest BCUT2D eigenvalue weighted by atomic mass is 9.99. The molecule has 0 aromatic rings. The summed E-state index contributed by atoms with van der Waals surface area (Å²) < 4.78 is 0. The van der Waals surface area contributed by atoms with Crippen molar-refractivity contribution in [2.45, 2.75) is 25.4 Å². The van der Waals surface area contributed by atoms with Crippen molar-refractivity contribution in [3.05, 3.63) is 22.8 Å². The third-order valence-corrected chi connectivity index (χ3v) is 2.21. The van der Waals surface area contributed by atoms with Gasteiger partial charge in [-0.2, -0.15) is 0 Å². The van der Waals surface area contributed by atoms with Crippen LogP contribution in [-0.2, 0) is 0 Å². The lowest BCUT2D eigenvalue weighted by Crippen LogP contribution is -2.13. The average Bonchev–Trinajstić information content (AvgIpc) is 2.09. The first-order valence-electron chi connectivity index (χ1n) is 4.05. The third kappa shape index (κ3) is 2.97. The van der Waals surface area contributed by atoms with Crippen molar-refractivity contribution >= 4 is 11.6 Å². The van der Waals surface area contributed by atoms with E-state index in [4.69, 9.17) is 21.8 Å². The Kier molecular flexibility index (Phi) is 3.79. The van der Waals surface area contributed by atoms with E-state index in [-0.39, 0.29) is 6.61 Å². The van der Waals surface area contributed by atoms with Gasteiger partial charge in [-0.05, 0) is 25.3 Å². The van der Waals surface area contributed by atoms with E-state index < -0.39 is 6.10 Å². The van der Waals surface area contributed by atoms with Gasteiger partial charge in [0.2, 0.25) is 0 Å². The van der Waals surface area contributed by atoms with Crippen LogP contribution in [0, 0.1) is 0 Å². The van der Waals surface area contributed by atoms with Crippen LogP contribution in [0.3, 0.4) is 0 Å². The minimum Gasteiger partial charge on any atom is -0.394 e. The van der Waals surface area contributed by atoms with E-state index in [2.05, 4.69) is 0 Å². The van der Waals surface area contributed by atoms with Gasteiger partial charge in [0.15, 0.2) is 0 Å². The summed E-state index contributed by atoms with van der Waals surface area (Å²) in [6.45, 7) is -0.172. The zero-order valence-electron chi connectivity index (χ0n) is 6.83. The average molecular weight is 189 g/mol. The maximum atomic E-state index is 9.13. The van der Waals surface area contributed by atoms with E-state index in [1.165, 1.54) is 0 Å². The SMILES string of the molecule is OCC(O)CC1=CC=C(Cl)CC1. The first-order valence-corrected chi connectivity index (χ1v) is 4.43. The van der Waals surface area contributed by atoms with Gasteiger partial charge in [0.05, 0.1) is 12.7 Å². The minimum absolute atomic E-state index is 0.172.